The number of ether oxygens (including phenoxy) is 1. The van der Waals surface area contributed by atoms with Gasteiger partial charge in [0.2, 0.25) is 0 Å². The van der Waals surface area contributed by atoms with Crippen LogP contribution in [0.3, 0.4) is 0 Å². The zero-order valence-electron chi connectivity index (χ0n) is 15.2. The number of rotatable bonds is 4. The number of amides is 1. The number of nitro groups is 1. The summed E-state index contributed by atoms with van der Waals surface area (Å²) >= 11 is 0. The predicted molar refractivity (Wildman–Crippen MR) is 106 cm³/mol. The van der Waals surface area contributed by atoms with Gasteiger partial charge in [0.05, 0.1) is 17.7 Å². The van der Waals surface area contributed by atoms with E-state index in [0.29, 0.717) is 22.6 Å². The number of furan rings is 1. The zero-order chi connectivity index (χ0) is 19.8. The van der Waals surface area contributed by atoms with Crippen LogP contribution < -0.4 is 10.1 Å². The molecule has 28 heavy (non-hydrogen) atoms. The van der Waals surface area contributed by atoms with Gasteiger partial charge in [-0.3, -0.25) is 14.9 Å². The highest BCUT2D eigenvalue weighted by Crippen LogP contribution is 2.36. The minimum Gasteiger partial charge on any atom is -0.495 e. The molecular formula is C21H16N2O5. The molecule has 7 heteroatoms. The van der Waals surface area contributed by atoms with E-state index in [2.05, 4.69) is 5.32 Å². The van der Waals surface area contributed by atoms with Crippen molar-refractivity contribution >= 4 is 39.2 Å². The SMILES string of the molecule is COc1cc2c(cc1NC(=O)c1cccc(C)c1[N+](=O)[O-])oc1ccccc12. The standard InChI is InChI=1S/C21H16N2O5/c1-12-6-5-8-14(20(12)23(25)26)21(24)22-16-11-18-15(10-19(16)27-2)13-7-3-4-9-17(13)28-18/h3-11H,1-2H3,(H,22,24). The van der Waals surface area contributed by atoms with Crippen molar-refractivity contribution < 1.29 is 18.9 Å². The van der Waals surface area contributed by atoms with E-state index in [4.69, 9.17) is 9.15 Å². The average molecular weight is 376 g/mol. The summed E-state index contributed by atoms with van der Waals surface area (Å²) in [6, 6.07) is 15.7. The van der Waals surface area contributed by atoms with Gasteiger partial charge in [0, 0.05) is 22.4 Å². The molecule has 0 aliphatic rings. The first-order chi connectivity index (χ1) is 13.5. The van der Waals surface area contributed by atoms with E-state index in [1.165, 1.54) is 13.2 Å². The number of benzene rings is 3. The Balaban J connectivity index is 1.79. The fourth-order valence-corrected chi connectivity index (χ4v) is 3.29. The largest absolute Gasteiger partial charge is 0.495 e. The maximum absolute atomic E-state index is 12.8. The van der Waals surface area contributed by atoms with Crippen LogP contribution in [-0.4, -0.2) is 17.9 Å². The molecule has 1 N–H and O–H groups in total. The maximum Gasteiger partial charge on any atom is 0.285 e. The topological polar surface area (TPSA) is 94.6 Å². The van der Waals surface area contributed by atoms with Gasteiger partial charge in [-0.05, 0) is 25.1 Å². The third-order valence-electron chi connectivity index (χ3n) is 4.61. The van der Waals surface area contributed by atoms with Crippen molar-refractivity contribution in [1.82, 2.24) is 0 Å². The molecule has 0 saturated carbocycles. The summed E-state index contributed by atoms with van der Waals surface area (Å²) in [5.74, 6) is -0.160. The summed E-state index contributed by atoms with van der Waals surface area (Å²) in [4.78, 5) is 23.6. The molecule has 0 radical (unpaired) electrons. The van der Waals surface area contributed by atoms with Gasteiger partial charge in [0.25, 0.3) is 11.6 Å². The highest BCUT2D eigenvalue weighted by Gasteiger charge is 2.23. The molecule has 1 amide bonds. The van der Waals surface area contributed by atoms with Crippen molar-refractivity contribution in [2.75, 3.05) is 12.4 Å². The number of fused-ring (bicyclic) bond motifs is 3. The van der Waals surface area contributed by atoms with Crippen molar-refractivity contribution in [1.29, 1.82) is 0 Å². The van der Waals surface area contributed by atoms with Gasteiger partial charge in [-0.2, -0.15) is 0 Å². The van der Waals surface area contributed by atoms with Crippen LogP contribution in [0, 0.1) is 17.0 Å². The van der Waals surface area contributed by atoms with Gasteiger partial charge in [-0.1, -0.05) is 30.3 Å². The second-order valence-electron chi connectivity index (χ2n) is 6.33. The third-order valence-corrected chi connectivity index (χ3v) is 4.61. The molecule has 0 saturated heterocycles. The first kappa shape index (κ1) is 17.5. The van der Waals surface area contributed by atoms with Gasteiger partial charge in [0.15, 0.2) is 0 Å². The van der Waals surface area contributed by atoms with Crippen molar-refractivity contribution in [2.45, 2.75) is 6.92 Å². The Morgan fingerprint density at radius 1 is 1.07 bits per heavy atom. The molecule has 4 rings (SSSR count). The number of nitrogens with zero attached hydrogens (tertiary/aromatic N) is 1. The second kappa shape index (κ2) is 6.70. The molecule has 1 aromatic heterocycles. The summed E-state index contributed by atoms with van der Waals surface area (Å²) in [7, 11) is 1.49. The minimum atomic E-state index is -0.593. The molecule has 0 unspecified atom stereocenters. The summed E-state index contributed by atoms with van der Waals surface area (Å²) in [6.07, 6.45) is 0. The van der Waals surface area contributed by atoms with E-state index in [1.807, 2.05) is 24.3 Å². The molecule has 0 atom stereocenters. The van der Waals surface area contributed by atoms with Crippen LogP contribution in [-0.2, 0) is 0 Å². The lowest BCUT2D eigenvalue weighted by molar-refractivity contribution is -0.385. The molecule has 3 aromatic carbocycles. The van der Waals surface area contributed by atoms with Crippen LogP contribution in [0.25, 0.3) is 21.9 Å². The van der Waals surface area contributed by atoms with Gasteiger partial charge in [-0.15, -0.1) is 0 Å². The molecular weight excluding hydrogens is 360 g/mol. The molecule has 1 heterocycles. The number of aryl methyl sites for hydroxylation is 1. The van der Waals surface area contributed by atoms with Crippen LogP contribution in [0.15, 0.2) is 59.0 Å². The monoisotopic (exact) mass is 376 g/mol. The number of nitrogens with one attached hydrogen (secondary N) is 1. The Hall–Kier alpha value is -3.87. The Bertz CT molecular complexity index is 1240. The molecule has 140 valence electrons. The molecule has 0 aliphatic carbocycles. The lowest BCUT2D eigenvalue weighted by Gasteiger charge is -2.11. The lowest BCUT2D eigenvalue weighted by atomic mass is 10.1. The van der Waals surface area contributed by atoms with Gasteiger partial charge in [-0.25, -0.2) is 0 Å². The Morgan fingerprint density at radius 3 is 2.61 bits per heavy atom. The summed E-state index contributed by atoms with van der Waals surface area (Å²) in [5, 5.41) is 15.9. The number of hydrogen-bond acceptors (Lipinski definition) is 5. The van der Waals surface area contributed by atoms with Gasteiger partial charge < -0.3 is 14.5 Å². The van der Waals surface area contributed by atoms with Crippen molar-refractivity contribution in [3.8, 4) is 5.75 Å². The first-order valence-corrected chi connectivity index (χ1v) is 8.54. The fourth-order valence-electron chi connectivity index (χ4n) is 3.29. The van der Waals surface area contributed by atoms with E-state index in [1.54, 1.807) is 31.2 Å². The molecule has 0 fully saturated rings. The second-order valence-corrected chi connectivity index (χ2v) is 6.33. The van der Waals surface area contributed by atoms with E-state index in [9.17, 15) is 14.9 Å². The third kappa shape index (κ3) is 2.83. The molecule has 0 spiro atoms. The van der Waals surface area contributed by atoms with Gasteiger partial charge in [0.1, 0.15) is 22.5 Å². The Labute approximate surface area is 159 Å². The highest BCUT2D eigenvalue weighted by atomic mass is 16.6. The first-order valence-electron chi connectivity index (χ1n) is 8.54. The Kier molecular flexibility index (Phi) is 4.19. The summed E-state index contributed by atoms with van der Waals surface area (Å²) in [6.45, 7) is 1.59. The normalized spacial score (nSPS) is 10.9. The van der Waals surface area contributed by atoms with Crippen molar-refractivity contribution in [2.24, 2.45) is 0 Å². The van der Waals surface area contributed by atoms with Crippen LogP contribution in [0.2, 0.25) is 0 Å². The number of nitro benzene ring substituents is 1. The van der Waals surface area contributed by atoms with E-state index >= 15 is 0 Å². The van der Waals surface area contributed by atoms with E-state index < -0.39 is 10.8 Å². The average Bonchev–Trinajstić information content (AvgIpc) is 3.04. The highest BCUT2D eigenvalue weighted by molar-refractivity contribution is 6.11. The van der Waals surface area contributed by atoms with Crippen LogP contribution in [0.1, 0.15) is 15.9 Å². The maximum atomic E-state index is 12.8. The minimum absolute atomic E-state index is 0.0169. The van der Waals surface area contributed by atoms with E-state index in [-0.39, 0.29) is 11.3 Å². The molecule has 0 bridgehead atoms. The number of carbonyl (C=O) groups excluding carboxylic acids is 1. The quantitative estimate of drug-likeness (QED) is 0.397. The lowest BCUT2D eigenvalue weighted by Crippen LogP contribution is -2.15. The van der Waals surface area contributed by atoms with Crippen molar-refractivity contribution in [3.05, 3.63) is 75.8 Å². The molecule has 7 nitrogen and oxygen atoms in total. The fraction of sp³-hybridized carbons (Fsp3) is 0.0952. The summed E-state index contributed by atoms with van der Waals surface area (Å²) in [5.41, 5.74) is 1.85. The predicted octanol–water partition coefficient (Wildman–Crippen LogP) is 5.06. The van der Waals surface area contributed by atoms with Crippen molar-refractivity contribution in [3.63, 3.8) is 0 Å². The zero-order valence-corrected chi connectivity index (χ0v) is 15.2. The number of carbonyl (C=O) groups is 1. The molecule has 0 aliphatic heterocycles. The van der Waals surface area contributed by atoms with Gasteiger partial charge >= 0.3 is 0 Å². The number of hydrogen-bond donors (Lipinski definition) is 1. The molecule has 4 aromatic rings. The summed E-state index contributed by atoms with van der Waals surface area (Å²) < 4.78 is 11.3. The van der Waals surface area contributed by atoms with Crippen LogP contribution >= 0.6 is 0 Å². The Morgan fingerprint density at radius 2 is 1.86 bits per heavy atom. The smallest absolute Gasteiger partial charge is 0.285 e. The number of para-hydroxylation sites is 2. The number of methoxy groups -OCH3 is 1. The van der Waals surface area contributed by atoms with Crippen LogP contribution in [0.5, 0.6) is 5.75 Å². The van der Waals surface area contributed by atoms with E-state index in [0.717, 1.165) is 16.4 Å². The number of anilines is 1. The van der Waals surface area contributed by atoms with Crippen LogP contribution in [0.4, 0.5) is 11.4 Å².